The highest BCUT2D eigenvalue weighted by molar-refractivity contribution is 4.73. The second-order valence-corrected chi connectivity index (χ2v) is 3.08. The van der Waals surface area contributed by atoms with Crippen molar-refractivity contribution in [3.8, 4) is 0 Å². The van der Waals surface area contributed by atoms with Crippen molar-refractivity contribution < 1.29 is 5.11 Å². The monoisotopic (exact) mass is 143 g/mol. The van der Waals surface area contributed by atoms with E-state index in [9.17, 15) is 5.11 Å². The molecule has 0 saturated carbocycles. The van der Waals surface area contributed by atoms with Crippen molar-refractivity contribution in [1.29, 1.82) is 0 Å². The average molecular weight is 143 g/mol. The molecule has 1 saturated heterocycles. The highest BCUT2D eigenvalue weighted by atomic mass is 16.3. The first kappa shape index (κ1) is 8.02. The van der Waals surface area contributed by atoms with Gasteiger partial charge in [-0.15, -0.1) is 0 Å². The van der Waals surface area contributed by atoms with Gasteiger partial charge in [-0.05, 0) is 31.7 Å². The Morgan fingerprint density at radius 2 is 2.40 bits per heavy atom. The number of aliphatic hydroxyl groups is 1. The fourth-order valence-corrected chi connectivity index (χ4v) is 1.51. The van der Waals surface area contributed by atoms with Crippen LogP contribution in [0.15, 0.2) is 0 Å². The van der Waals surface area contributed by atoms with E-state index in [1.807, 2.05) is 0 Å². The maximum Gasteiger partial charge on any atom is 0.0580 e. The van der Waals surface area contributed by atoms with E-state index < -0.39 is 0 Å². The number of hydrogen-bond donors (Lipinski definition) is 2. The summed E-state index contributed by atoms with van der Waals surface area (Å²) in [4.78, 5) is 0. The van der Waals surface area contributed by atoms with Crippen molar-refractivity contribution in [2.45, 2.75) is 32.3 Å². The van der Waals surface area contributed by atoms with Gasteiger partial charge in [0.15, 0.2) is 0 Å². The molecule has 10 heavy (non-hydrogen) atoms. The molecular formula is C8H17NO. The van der Waals surface area contributed by atoms with Crippen molar-refractivity contribution in [3.63, 3.8) is 0 Å². The Morgan fingerprint density at radius 3 is 3.10 bits per heavy atom. The minimum absolute atomic E-state index is 0.0556. The molecule has 0 amide bonds. The van der Waals surface area contributed by atoms with Crippen LogP contribution in [0.5, 0.6) is 0 Å². The zero-order valence-corrected chi connectivity index (χ0v) is 6.64. The van der Waals surface area contributed by atoms with Gasteiger partial charge in [-0.1, -0.05) is 6.92 Å². The van der Waals surface area contributed by atoms with Gasteiger partial charge in [0.2, 0.25) is 0 Å². The average Bonchev–Trinajstić information content (AvgIpc) is 2.13. The molecule has 1 rings (SSSR count). The molecule has 1 heterocycles. The molecule has 1 aliphatic heterocycles. The molecule has 0 aromatic rings. The van der Waals surface area contributed by atoms with E-state index in [1.165, 1.54) is 0 Å². The van der Waals surface area contributed by atoms with Crippen molar-refractivity contribution in [2.24, 2.45) is 5.92 Å². The summed E-state index contributed by atoms with van der Waals surface area (Å²) in [6, 6.07) is 0. The third kappa shape index (κ3) is 1.96. The maximum atomic E-state index is 9.51. The minimum Gasteiger partial charge on any atom is -0.393 e. The molecule has 0 aliphatic carbocycles. The summed E-state index contributed by atoms with van der Waals surface area (Å²) in [7, 11) is 0. The Labute approximate surface area is 62.6 Å². The third-order valence-electron chi connectivity index (χ3n) is 2.33. The standard InChI is InChI=1S/C8H17NO/c1-2-7-6-9-5-3-4-8(7)10/h7-10H,2-6H2,1H3/t7-,8-/m0/s1. The molecule has 0 bridgehead atoms. The van der Waals surface area contributed by atoms with E-state index in [4.69, 9.17) is 0 Å². The van der Waals surface area contributed by atoms with Crippen LogP contribution in [0.3, 0.4) is 0 Å². The SMILES string of the molecule is CC[C@H]1CNCCC[C@@H]1O. The van der Waals surface area contributed by atoms with Crippen molar-refractivity contribution in [1.82, 2.24) is 5.32 Å². The Morgan fingerprint density at radius 1 is 1.60 bits per heavy atom. The van der Waals surface area contributed by atoms with Crippen LogP contribution in [-0.2, 0) is 0 Å². The Bertz CT molecular complexity index is 95.3. The molecule has 2 heteroatoms. The fourth-order valence-electron chi connectivity index (χ4n) is 1.51. The smallest absolute Gasteiger partial charge is 0.0580 e. The molecule has 2 nitrogen and oxygen atoms in total. The normalized spacial score (nSPS) is 35.4. The summed E-state index contributed by atoms with van der Waals surface area (Å²) in [5.41, 5.74) is 0. The number of aliphatic hydroxyl groups excluding tert-OH is 1. The quantitative estimate of drug-likeness (QED) is 0.568. The molecule has 1 fully saturated rings. The lowest BCUT2D eigenvalue weighted by molar-refractivity contribution is 0.104. The van der Waals surface area contributed by atoms with Crippen LogP contribution in [-0.4, -0.2) is 24.3 Å². The Kier molecular flexibility index (Phi) is 3.16. The predicted molar refractivity (Wildman–Crippen MR) is 41.9 cm³/mol. The maximum absolute atomic E-state index is 9.51. The molecule has 60 valence electrons. The predicted octanol–water partition coefficient (Wildman–Crippen LogP) is 0.757. The summed E-state index contributed by atoms with van der Waals surface area (Å²) in [6.07, 6.45) is 3.14. The number of nitrogens with one attached hydrogen (secondary N) is 1. The molecule has 0 radical (unpaired) electrons. The molecule has 1 aliphatic rings. The molecule has 0 spiro atoms. The van der Waals surface area contributed by atoms with Gasteiger partial charge in [-0.2, -0.15) is 0 Å². The number of hydrogen-bond acceptors (Lipinski definition) is 2. The fraction of sp³-hybridized carbons (Fsp3) is 1.00. The molecule has 0 aromatic heterocycles. The Hall–Kier alpha value is -0.0800. The lowest BCUT2D eigenvalue weighted by Gasteiger charge is -2.17. The van der Waals surface area contributed by atoms with Crippen LogP contribution in [0, 0.1) is 5.92 Å². The molecule has 2 atom stereocenters. The van der Waals surface area contributed by atoms with Gasteiger partial charge in [0.25, 0.3) is 0 Å². The third-order valence-corrected chi connectivity index (χ3v) is 2.33. The molecular weight excluding hydrogens is 126 g/mol. The summed E-state index contributed by atoms with van der Waals surface area (Å²) >= 11 is 0. The van der Waals surface area contributed by atoms with Gasteiger partial charge in [0.05, 0.1) is 6.10 Å². The second kappa shape index (κ2) is 3.94. The van der Waals surface area contributed by atoms with E-state index >= 15 is 0 Å². The zero-order chi connectivity index (χ0) is 7.40. The van der Waals surface area contributed by atoms with Crippen molar-refractivity contribution in [2.75, 3.05) is 13.1 Å². The van der Waals surface area contributed by atoms with Crippen molar-refractivity contribution in [3.05, 3.63) is 0 Å². The van der Waals surface area contributed by atoms with Gasteiger partial charge in [0, 0.05) is 6.54 Å². The van der Waals surface area contributed by atoms with Gasteiger partial charge in [0.1, 0.15) is 0 Å². The largest absolute Gasteiger partial charge is 0.393 e. The van der Waals surface area contributed by atoms with Crippen LogP contribution in [0.4, 0.5) is 0 Å². The lowest BCUT2D eigenvalue weighted by atomic mass is 9.98. The minimum atomic E-state index is -0.0556. The van der Waals surface area contributed by atoms with E-state index in [-0.39, 0.29) is 6.10 Å². The molecule has 2 N–H and O–H groups in total. The molecule has 0 unspecified atom stereocenters. The van der Waals surface area contributed by atoms with E-state index in [2.05, 4.69) is 12.2 Å². The van der Waals surface area contributed by atoms with Crippen LogP contribution in [0.25, 0.3) is 0 Å². The van der Waals surface area contributed by atoms with Crippen LogP contribution in [0.1, 0.15) is 26.2 Å². The second-order valence-electron chi connectivity index (χ2n) is 3.08. The van der Waals surface area contributed by atoms with Gasteiger partial charge < -0.3 is 10.4 Å². The van der Waals surface area contributed by atoms with Gasteiger partial charge in [-0.25, -0.2) is 0 Å². The van der Waals surface area contributed by atoms with Crippen molar-refractivity contribution >= 4 is 0 Å². The highest BCUT2D eigenvalue weighted by Gasteiger charge is 2.18. The van der Waals surface area contributed by atoms with Gasteiger partial charge >= 0.3 is 0 Å². The van der Waals surface area contributed by atoms with E-state index in [0.29, 0.717) is 5.92 Å². The first-order valence-electron chi connectivity index (χ1n) is 4.23. The highest BCUT2D eigenvalue weighted by Crippen LogP contribution is 2.14. The summed E-state index contributed by atoms with van der Waals surface area (Å²) in [5.74, 6) is 0.488. The van der Waals surface area contributed by atoms with E-state index in [1.54, 1.807) is 0 Å². The summed E-state index contributed by atoms with van der Waals surface area (Å²) in [6.45, 7) is 4.21. The van der Waals surface area contributed by atoms with E-state index in [0.717, 1.165) is 32.4 Å². The first-order valence-corrected chi connectivity index (χ1v) is 4.23. The number of rotatable bonds is 1. The lowest BCUT2D eigenvalue weighted by Crippen LogP contribution is -2.26. The first-order chi connectivity index (χ1) is 4.84. The van der Waals surface area contributed by atoms with Crippen LogP contribution >= 0.6 is 0 Å². The summed E-state index contributed by atoms with van der Waals surface area (Å²) < 4.78 is 0. The summed E-state index contributed by atoms with van der Waals surface area (Å²) in [5, 5.41) is 12.8. The molecule has 0 aromatic carbocycles. The van der Waals surface area contributed by atoms with Crippen LogP contribution < -0.4 is 5.32 Å². The van der Waals surface area contributed by atoms with Gasteiger partial charge in [-0.3, -0.25) is 0 Å². The topological polar surface area (TPSA) is 32.3 Å². The van der Waals surface area contributed by atoms with Crippen LogP contribution in [0.2, 0.25) is 0 Å². The Balaban J connectivity index is 2.35. The zero-order valence-electron chi connectivity index (χ0n) is 6.64.